The minimum atomic E-state index is -2.09. The summed E-state index contributed by atoms with van der Waals surface area (Å²) in [6.07, 6.45) is -45.5. The van der Waals surface area contributed by atoms with Gasteiger partial charge in [-0.1, -0.05) is 0 Å². The topological polar surface area (TPSA) is 513 Å². The average molecular weight is 1130 g/mol. The van der Waals surface area contributed by atoms with Crippen molar-refractivity contribution in [3.8, 4) is 0 Å². The van der Waals surface area contributed by atoms with Crippen LogP contribution in [0.5, 0.6) is 0 Å². The number of carbonyl (C=O) groups excluding carboxylic acids is 3. The van der Waals surface area contributed by atoms with Crippen molar-refractivity contribution in [2.45, 2.75) is 212 Å². The first-order valence-electron chi connectivity index (χ1n) is 24.8. The van der Waals surface area contributed by atoms with Crippen molar-refractivity contribution in [2.75, 3.05) is 46.2 Å². The number of rotatable bonds is 24. The summed E-state index contributed by atoms with van der Waals surface area (Å²) in [5, 5.41) is 179. The van der Waals surface area contributed by atoms with Crippen LogP contribution in [0.3, 0.4) is 0 Å². The van der Waals surface area contributed by atoms with E-state index in [0.717, 1.165) is 20.8 Å². The van der Waals surface area contributed by atoms with Crippen molar-refractivity contribution >= 4 is 17.7 Å². The number of aliphatic hydroxyl groups is 16. The molecular weight excluding hydrogens is 1050 g/mol. The van der Waals surface area contributed by atoms with Crippen molar-refractivity contribution in [3.05, 3.63) is 0 Å². The van der Waals surface area contributed by atoms with E-state index in [1.807, 2.05) is 0 Å². The smallest absolute Gasteiger partial charge is 0.217 e. The number of hydrogen-bond acceptors (Lipinski definition) is 30. The Hall–Kier alpha value is -2.67. The summed E-state index contributed by atoms with van der Waals surface area (Å²) in [6, 6.07) is -4.41. The van der Waals surface area contributed by atoms with Gasteiger partial charge in [-0.3, -0.25) is 14.4 Å². The molecule has 3 amide bonds. The molecule has 77 heavy (non-hydrogen) atoms. The van der Waals surface area contributed by atoms with Crippen LogP contribution < -0.4 is 16.0 Å². The molecule has 29 atom stereocenters. The van der Waals surface area contributed by atoms with Gasteiger partial charge in [-0.25, -0.2) is 0 Å². The summed E-state index contributed by atoms with van der Waals surface area (Å²) in [7, 11) is 0. The summed E-state index contributed by atoms with van der Waals surface area (Å²) >= 11 is 0. The van der Waals surface area contributed by atoms with Gasteiger partial charge in [0, 0.05) is 20.8 Å². The lowest BCUT2D eigenvalue weighted by atomic mass is 9.92. The molecule has 0 saturated carbocycles. The summed E-state index contributed by atoms with van der Waals surface area (Å²) in [5.74, 6) is -2.12. The van der Waals surface area contributed by atoms with Gasteiger partial charge in [-0.05, 0) is 13.8 Å². The van der Waals surface area contributed by atoms with Gasteiger partial charge in [0.25, 0.3) is 0 Å². The van der Waals surface area contributed by atoms with Crippen LogP contribution in [-0.4, -0.2) is 323 Å². The van der Waals surface area contributed by atoms with Crippen LogP contribution in [0.2, 0.25) is 0 Å². The van der Waals surface area contributed by atoms with Crippen LogP contribution >= 0.6 is 0 Å². The van der Waals surface area contributed by atoms with E-state index in [4.69, 9.17) is 52.1 Å². The molecule has 5 rings (SSSR count). The Balaban J connectivity index is 1.36. The van der Waals surface area contributed by atoms with Crippen LogP contribution in [0.4, 0.5) is 0 Å². The quantitative estimate of drug-likeness (QED) is 0.0399. The van der Waals surface area contributed by atoms with E-state index in [-0.39, 0.29) is 0 Å². The van der Waals surface area contributed by atoms with Gasteiger partial charge < -0.3 is 150 Å². The maximum atomic E-state index is 12.5. The number of hydrogen-bond donors (Lipinski definition) is 19. The molecular formula is C44H77N3O30. The third-order valence-electron chi connectivity index (χ3n) is 13.6. The summed E-state index contributed by atoms with van der Waals surface area (Å²) < 4.78 is 64.1. The number of amides is 3. The molecule has 33 nitrogen and oxygen atoms in total. The molecule has 0 aliphatic carbocycles. The summed E-state index contributed by atoms with van der Waals surface area (Å²) in [5.41, 5.74) is 0. The Morgan fingerprint density at radius 3 is 1.36 bits per heavy atom. The summed E-state index contributed by atoms with van der Waals surface area (Å²) in [4.78, 5) is 37.0. The Morgan fingerprint density at radius 2 is 0.883 bits per heavy atom. The second kappa shape index (κ2) is 29.3. The van der Waals surface area contributed by atoms with Gasteiger partial charge >= 0.3 is 0 Å². The zero-order chi connectivity index (χ0) is 57.3. The van der Waals surface area contributed by atoms with E-state index < -0.39 is 242 Å². The van der Waals surface area contributed by atoms with Crippen LogP contribution in [0.25, 0.3) is 0 Å². The molecule has 0 aromatic carbocycles. The highest BCUT2D eigenvalue weighted by atomic mass is 16.8. The second-order valence-electron chi connectivity index (χ2n) is 19.3. The van der Waals surface area contributed by atoms with Gasteiger partial charge in [0.2, 0.25) is 17.7 Å². The van der Waals surface area contributed by atoms with Crippen molar-refractivity contribution in [2.24, 2.45) is 0 Å². The maximum Gasteiger partial charge on any atom is 0.217 e. The van der Waals surface area contributed by atoms with Crippen molar-refractivity contribution in [3.63, 3.8) is 0 Å². The van der Waals surface area contributed by atoms with Crippen molar-refractivity contribution < 1.29 is 148 Å². The van der Waals surface area contributed by atoms with Gasteiger partial charge in [-0.15, -0.1) is 0 Å². The molecule has 0 radical (unpaired) electrons. The first-order chi connectivity index (χ1) is 36.3. The molecule has 0 spiro atoms. The average Bonchev–Trinajstić information content (AvgIpc) is 3.38. The molecule has 0 aromatic rings. The van der Waals surface area contributed by atoms with E-state index in [9.17, 15) is 96.1 Å². The molecule has 448 valence electrons. The first-order valence-corrected chi connectivity index (χ1v) is 24.8. The van der Waals surface area contributed by atoms with Crippen molar-refractivity contribution in [1.82, 2.24) is 16.0 Å². The van der Waals surface area contributed by atoms with E-state index in [1.165, 1.54) is 13.8 Å². The number of aliphatic hydroxyl groups excluding tert-OH is 16. The number of nitrogens with one attached hydrogen (secondary N) is 3. The fourth-order valence-corrected chi connectivity index (χ4v) is 9.56. The molecule has 5 heterocycles. The van der Waals surface area contributed by atoms with Crippen molar-refractivity contribution in [1.29, 1.82) is 0 Å². The molecule has 5 saturated heterocycles. The van der Waals surface area contributed by atoms with Crippen LogP contribution in [0.1, 0.15) is 34.6 Å². The van der Waals surface area contributed by atoms with Crippen LogP contribution in [0.15, 0.2) is 0 Å². The van der Waals surface area contributed by atoms with Gasteiger partial charge in [0.05, 0.1) is 64.5 Å². The molecule has 5 fully saturated rings. The van der Waals surface area contributed by atoms with Gasteiger partial charge in [0.15, 0.2) is 31.5 Å². The standard InChI is InChI=1S/C44H77N3O30/c1-13(54)28(58)23(69-24(11-53)74-37-21(9-51)72-41(26(32(37)62)46-16(4)56)75-38-20(8-50)68-14(2)25(31(38)61)45-15(3)55)12-67-44-40(35(65)30(60)19(7-49)71-44)77-42-27(47-17(5)57)33(63)39(22(10-52)73-42)76-43-36(66)34(64)29(59)18(6-48)70-43/h13-14,18-44,48-54,58-66H,6-12H2,1-5H3,(H,45,55)(H,46,56)(H,47,57)/t13-,14+,18?,19?,20?,21?,22+,23?,24+,25-,26+,27?,28+,29+,30-,31?,32?,33?,34?,35?,36+,37-,38-,39-,40-,41+,42+,43+,44+/m1/s1. The predicted octanol–water partition coefficient (Wildman–Crippen LogP) is -12.0. The largest absolute Gasteiger partial charge is 0.394 e. The first kappa shape index (κ1) is 65.1. The lowest BCUT2D eigenvalue weighted by Crippen LogP contribution is -2.69. The molecule has 19 N–H and O–H groups in total. The minimum absolute atomic E-state index is 0.540. The number of carbonyl (C=O) groups is 3. The zero-order valence-corrected chi connectivity index (χ0v) is 42.6. The normalized spacial score (nSPS) is 43.4. The molecule has 5 aliphatic rings. The monoisotopic (exact) mass is 1130 g/mol. The maximum absolute atomic E-state index is 12.5. The highest BCUT2D eigenvalue weighted by Gasteiger charge is 2.56. The lowest BCUT2D eigenvalue weighted by Gasteiger charge is -2.49. The molecule has 33 heteroatoms. The fraction of sp³-hybridized carbons (Fsp3) is 0.932. The van der Waals surface area contributed by atoms with E-state index in [1.54, 1.807) is 0 Å². The highest BCUT2D eigenvalue weighted by Crippen LogP contribution is 2.35. The molecule has 0 bridgehead atoms. The van der Waals surface area contributed by atoms with Crippen LogP contribution in [-0.2, 0) is 66.5 Å². The SMILES string of the molecule is CC(=O)NC1C(O)[C@H](O[C@@H]2OC(CO)[C@H](O)C(O)[C@@H]2O)[C@H](CO)O[C@H]1O[C@@H]1C(O)[C@H](O)C(CO)O[C@@H]1OCC(O[C@H](CO)O[C@@H]1C(CO)O[C@@H](O[C@@H]2C(CO)O[C@@H](C)[C@@H](NC(C)=O)C2O)[C@@H](NC(C)=O)C1O)[C@@H](O)[C@@H](C)O. The Morgan fingerprint density at radius 1 is 0.481 bits per heavy atom. The molecule has 5 aliphatic heterocycles. The van der Waals surface area contributed by atoms with E-state index in [2.05, 4.69) is 16.0 Å². The lowest BCUT2D eigenvalue weighted by molar-refractivity contribution is -0.375. The van der Waals surface area contributed by atoms with E-state index >= 15 is 0 Å². The molecule has 0 aromatic heterocycles. The number of ether oxygens (including phenoxy) is 11. The molecule has 11 unspecified atom stereocenters. The Labute approximate surface area is 439 Å². The van der Waals surface area contributed by atoms with Gasteiger partial charge in [-0.2, -0.15) is 0 Å². The highest BCUT2D eigenvalue weighted by molar-refractivity contribution is 5.74. The third kappa shape index (κ3) is 15.7. The second-order valence-corrected chi connectivity index (χ2v) is 19.3. The van der Waals surface area contributed by atoms with Gasteiger partial charge in [0.1, 0.15) is 128 Å². The third-order valence-corrected chi connectivity index (χ3v) is 13.6. The van der Waals surface area contributed by atoms with Crippen LogP contribution in [0, 0.1) is 0 Å². The summed E-state index contributed by atoms with van der Waals surface area (Å²) in [6.45, 7) is -0.579. The Bertz CT molecular complexity index is 1830. The minimum Gasteiger partial charge on any atom is -0.394 e. The fourth-order valence-electron chi connectivity index (χ4n) is 9.56. The zero-order valence-electron chi connectivity index (χ0n) is 42.6. The Kier molecular flexibility index (Phi) is 24.8. The predicted molar refractivity (Wildman–Crippen MR) is 244 cm³/mol. The van der Waals surface area contributed by atoms with E-state index in [0.29, 0.717) is 0 Å².